The van der Waals surface area contributed by atoms with Crippen molar-refractivity contribution in [1.82, 2.24) is 10.2 Å². The molecule has 1 saturated heterocycles. The zero-order valence-corrected chi connectivity index (χ0v) is 14.5. The number of benzene rings is 1. The van der Waals surface area contributed by atoms with Crippen LogP contribution in [0.3, 0.4) is 0 Å². The van der Waals surface area contributed by atoms with E-state index in [4.69, 9.17) is 0 Å². The first-order valence-corrected chi connectivity index (χ1v) is 9.31. The number of thiophene rings is 1. The first-order valence-electron chi connectivity index (χ1n) is 7.44. The molecule has 0 spiro atoms. The van der Waals surface area contributed by atoms with Gasteiger partial charge in [0.2, 0.25) is 5.91 Å². The van der Waals surface area contributed by atoms with Crippen LogP contribution in [0.4, 0.5) is 4.79 Å². The van der Waals surface area contributed by atoms with Crippen LogP contribution in [-0.2, 0) is 4.79 Å². The van der Waals surface area contributed by atoms with E-state index in [0.717, 1.165) is 16.2 Å². The third-order valence-corrected chi connectivity index (χ3v) is 5.55. The van der Waals surface area contributed by atoms with E-state index >= 15 is 0 Å². The molecule has 120 valence electrons. The molecular formula is C17H18N2O2S2. The van der Waals surface area contributed by atoms with Crippen LogP contribution in [0, 0.1) is 6.92 Å². The number of nitrogens with one attached hydrogen (secondary N) is 1. The lowest BCUT2D eigenvalue weighted by Gasteiger charge is -2.20. The molecule has 23 heavy (non-hydrogen) atoms. The van der Waals surface area contributed by atoms with Crippen molar-refractivity contribution in [1.29, 1.82) is 0 Å². The summed E-state index contributed by atoms with van der Waals surface area (Å²) in [6.45, 7) is 2.81. The molecule has 1 fully saturated rings. The molecule has 1 atom stereocenters. The maximum atomic E-state index is 12.4. The Bertz CT molecular complexity index is 683. The predicted octanol–water partition coefficient (Wildman–Crippen LogP) is 3.43. The zero-order chi connectivity index (χ0) is 16.2. The van der Waals surface area contributed by atoms with Crippen LogP contribution in [0.1, 0.15) is 22.0 Å². The van der Waals surface area contributed by atoms with Crippen molar-refractivity contribution in [2.75, 3.05) is 18.8 Å². The third-order valence-electron chi connectivity index (χ3n) is 3.72. The molecule has 1 aliphatic rings. The zero-order valence-electron chi connectivity index (χ0n) is 12.8. The van der Waals surface area contributed by atoms with Crippen LogP contribution in [0.15, 0.2) is 41.8 Å². The average Bonchev–Trinajstić information content (AvgIpc) is 3.19. The summed E-state index contributed by atoms with van der Waals surface area (Å²) < 4.78 is 0. The normalized spacial score (nSPS) is 15.7. The van der Waals surface area contributed by atoms with Crippen LogP contribution in [0.5, 0.6) is 0 Å². The Balaban J connectivity index is 1.75. The van der Waals surface area contributed by atoms with Crippen molar-refractivity contribution in [3.05, 3.63) is 57.8 Å². The van der Waals surface area contributed by atoms with E-state index in [-0.39, 0.29) is 23.7 Å². The predicted molar refractivity (Wildman–Crippen MR) is 94.9 cm³/mol. The molecule has 6 heteroatoms. The second kappa shape index (κ2) is 7.19. The second-order valence-electron chi connectivity index (χ2n) is 5.46. The summed E-state index contributed by atoms with van der Waals surface area (Å²) in [4.78, 5) is 26.7. The van der Waals surface area contributed by atoms with Crippen molar-refractivity contribution in [3.8, 4) is 0 Å². The van der Waals surface area contributed by atoms with Crippen molar-refractivity contribution >= 4 is 34.2 Å². The van der Waals surface area contributed by atoms with Gasteiger partial charge in [0, 0.05) is 17.2 Å². The largest absolute Gasteiger partial charge is 0.343 e. The molecule has 0 unspecified atom stereocenters. The molecule has 4 nitrogen and oxygen atoms in total. The maximum absolute atomic E-state index is 12.4. The fraction of sp³-hybridized carbons (Fsp3) is 0.294. The highest BCUT2D eigenvalue weighted by Crippen LogP contribution is 2.26. The maximum Gasteiger partial charge on any atom is 0.282 e. The van der Waals surface area contributed by atoms with E-state index in [9.17, 15) is 9.59 Å². The Kier molecular flexibility index (Phi) is 5.03. The number of hydrogen-bond donors (Lipinski definition) is 1. The molecular weight excluding hydrogens is 328 g/mol. The lowest BCUT2D eigenvalue weighted by atomic mass is 10.0. The summed E-state index contributed by atoms with van der Waals surface area (Å²) in [5.41, 5.74) is 2.23. The fourth-order valence-electron chi connectivity index (χ4n) is 2.48. The van der Waals surface area contributed by atoms with Gasteiger partial charge >= 0.3 is 0 Å². The second-order valence-corrected chi connectivity index (χ2v) is 7.49. The van der Waals surface area contributed by atoms with Crippen LogP contribution >= 0.6 is 23.1 Å². The molecule has 0 radical (unpaired) electrons. The fourth-order valence-corrected chi connectivity index (χ4v) is 4.11. The molecule has 1 aromatic heterocycles. The van der Waals surface area contributed by atoms with Gasteiger partial charge in [0.1, 0.15) is 6.54 Å². The third kappa shape index (κ3) is 3.95. The lowest BCUT2D eigenvalue weighted by molar-refractivity contribution is -0.122. The smallest absolute Gasteiger partial charge is 0.282 e. The van der Waals surface area contributed by atoms with Crippen molar-refractivity contribution in [2.45, 2.75) is 13.0 Å². The van der Waals surface area contributed by atoms with Gasteiger partial charge in [0.15, 0.2) is 0 Å². The summed E-state index contributed by atoms with van der Waals surface area (Å²) in [5, 5.41) is 5.06. The first kappa shape index (κ1) is 16.1. The van der Waals surface area contributed by atoms with Crippen molar-refractivity contribution in [2.24, 2.45) is 0 Å². The Labute approximate surface area is 143 Å². The number of nitrogens with zero attached hydrogens (tertiary/aromatic N) is 1. The van der Waals surface area contributed by atoms with Crippen molar-refractivity contribution < 1.29 is 9.59 Å². The molecule has 0 aliphatic carbocycles. The summed E-state index contributed by atoms with van der Waals surface area (Å²) in [7, 11) is 0. The number of hydrogen-bond acceptors (Lipinski definition) is 4. The highest BCUT2D eigenvalue weighted by molar-refractivity contribution is 8.13. The number of carbonyl (C=O) groups is 2. The number of rotatable bonds is 5. The molecule has 1 N–H and O–H groups in total. The van der Waals surface area contributed by atoms with Gasteiger partial charge in [-0.2, -0.15) is 0 Å². The molecule has 2 amide bonds. The standard InChI is InChI=1S/C17H18N2O2S2/c1-12-4-6-13(7-5-12)16(14-3-2-9-22-14)18-15(20)11-19-8-10-23-17(19)21/h2-7,9,16H,8,10-11H2,1H3,(H,18,20)/t16-/m1/s1. The summed E-state index contributed by atoms with van der Waals surface area (Å²) in [5.74, 6) is 0.637. The first-order chi connectivity index (χ1) is 11.1. The minimum atomic E-state index is -0.173. The SMILES string of the molecule is Cc1ccc([C@@H](NC(=O)CN2CCSC2=O)c2cccs2)cc1. The van der Waals surface area contributed by atoms with Crippen LogP contribution in [-0.4, -0.2) is 34.9 Å². The Hall–Kier alpha value is -1.79. The Morgan fingerprint density at radius 1 is 1.30 bits per heavy atom. The summed E-state index contributed by atoms with van der Waals surface area (Å²) in [6.07, 6.45) is 0. The molecule has 2 aromatic rings. The van der Waals surface area contributed by atoms with Crippen LogP contribution in [0.2, 0.25) is 0 Å². The van der Waals surface area contributed by atoms with E-state index < -0.39 is 0 Å². The number of carbonyl (C=O) groups excluding carboxylic acids is 2. The summed E-state index contributed by atoms with van der Waals surface area (Å²) in [6, 6.07) is 12.0. The van der Waals surface area contributed by atoms with E-state index in [1.807, 2.05) is 48.7 Å². The number of amides is 2. The highest BCUT2D eigenvalue weighted by Gasteiger charge is 2.25. The lowest BCUT2D eigenvalue weighted by Crippen LogP contribution is -2.39. The molecule has 0 saturated carbocycles. The molecule has 2 heterocycles. The quantitative estimate of drug-likeness (QED) is 0.902. The minimum absolute atomic E-state index is 0.0110. The Morgan fingerprint density at radius 3 is 2.70 bits per heavy atom. The summed E-state index contributed by atoms with van der Waals surface area (Å²) >= 11 is 2.89. The number of aryl methyl sites for hydroxylation is 1. The van der Waals surface area contributed by atoms with Crippen LogP contribution in [0.25, 0.3) is 0 Å². The van der Waals surface area contributed by atoms with Crippen LogP contribution < -0.4 is 5.32 Å². The highest BCUT2D eigenvalue weighted by atomic mass is 32.2. The van der Waals surface area contributed by atoms with Gasteiger partial charge in [0.25, 0.3) is 5.24 Å². The van der Waals surface area contributed by atoms with E-state index in [1.165, 1.54) is 17.3 Å². The van der Waals surface area contributed by atoms with E-state index in [0.29, 0.717) is 6.54 Å². The van der Waals surface area contributed by atoms with Gasteiger partial charge in [0.05, 0.1) is 6.04 Å². The van der Waals surface area contributed by atoms with Gasteiger partial charge < -0.3 is 10.2 Å². The molecule has 1 aliphatic heterocycles. The number of thioether (sulfide) groups is 1. The van der Waals surface area contributed by atoms with Gasteiger partial charge in [-0.1, -0.05) is 47.7 Å². The monoisotopic (exact) mass is 346 g/mol. The van der Waals surface area contributed by atoms with E-state index in [1.54, 1.807) is 16.2 Å². The Morgan fingerprint density at radius 2 is 2.09 bits per heavy atom. The van der Waals surface area contributed by atoms with Gasteiger partial charge in [-0.15, -0.1) is 11.3 Å². The molecule has 1 aromatic carbocycles. The molecule has 0 bridgehead atoms. The van der Waals surface area contributed by atoms with Gasteiger partial charge in [-0.3, -0.25) is 9.59 Å². The average molecular weight is 346 g/mol. The van der Waals surface area contributed by atoms with Gasteiger partial charge in [-0.05, 0) is 23.9 Å². The molecule has 3 rings (SSSR count). The van der Waals surface area contributed by atoms with Crippen molar-refractivity contribution in [3.63, 3.8) is 0 Å². The minimum Gasteiger partial charge on any atom is -0.343 e. The topological polar surface area (TPSA) is 49.4 Å². The van der Waals surface area contributed by atoms with E-state index in [2.05, 4.69) is 5.32 Å². The van der Waals surface area contributed by atoms with Gasteiger partial charge in [-0.25, -0.2) is 0 Å².